The Morgan fingerprint density at radius 1 is 0.739 bits per heavy atom. The number of carbonyl (C=O) groups is 1. The molecule has 2 atom stereocenters. The maximum atomic E-state index is 13.4. The van der Waals surface area contributed by atoms with E-state index in [2.05, 4.69) is 63.4 Å². The van der Waals surface area contributed by atoms with Gasteiger partial charge in [0, 0.05) is 5.56 Å². The highest BCUT2D eigenvalue weighted by Gasteiger charge is 2.25. The molecule has 0 fully saturated rings. The third-order valence-electron chi connectivity index (χ3n) is 8.20. The fraction of sp³-hybridized carbons (Fsp3) is 0.436. The van der Waals surface area contributed by atoms with Crippen molar-refractivity contribution in [1.29, 1.82) is 0 Å². The Bertz CT molecular complexity index is 1560. The average molecular weight is 624 g/mol. The van der Waals surface area contributed by atoms with Crippen LogP contribution in [-0.4, -0.2) is 37.7 Å². The van der Waals surface area contributed by atoms with Gasteiger partial charge in [-0.15, -0.1) is 0 Å². The van der Waals surface area contributed by atoms with Crippen molar-refractivity contribution in [2.45, 2.75) is 80.6 Å². The first kappa shape index (κ1) is 34.6. The number of ether oxygens (including phenoxy) is 1. The second kappa shape index (κ2) is 14.9. The number of rotatable bonds is 12. The van der Waals surface area contributed by atoms with Crippen molar-refractivity contribution in [3.63, 3.8) is 0 Å². The Morgan fingerprint density at radius 3 is 1.85 bits per heavy atom. The lowest BCUT2D eigenvalue weighted by atomic mass is 9.78. The molecule has 1 heterocycles. The number of hydrogen-bond donors (Lipinski definition) is 2. The van der Waals surface area contributed by atoms with E-state index in [-0.39, 0.29) is 40.5 Å². The highest BCUT2D eigenvalue weighted by molar-refractivity contribution is 5.90. The largest absolute Gasteiger partial charge is 0.507 e. The maximum Gasteiger partial charge on any atom is 0.338 e. The average Bonchev–Trinajstić information content (AvgIpc) is 2.99. The van der Waals surface area contributed by atoms with Crippen LogP contribution in [0, 0.1) is 22.7 Å². The van der Waals surface area contributed by atoms with E-state index in [1.807, 2.05) is 6.07 Å². The topological polar surface area (TPSA) is 105 Å². The summed E-state index contributed by atoms with van der Waals surface area (Å²) in [4.78, 5) is 27.3. The van der Waals surface area contributed by atoms with Crippen LogP contribution in [0.2, 0.25) is 0 Å². The third kappa shape index (κ3) is 9.87. The zero-order chi connectivity index (χ0) is 33.5. The van der Waals surface area contributed by atoms with E-state index in [4.69, 9.17) is 4.74 Å². The van der Waals surface area contributed by atoms with Crippen LogP contribution < -0.4 is 0 Å². The number of phenols is 2. The molecule has 0 radical (unpaired) electrons. The molecular weight excluding hydrogens is 574 g/mol. The van der Waals surface area contributed by atoms with Gasteiger partial charge in [-0.2, -0.15) is 0 Å². The quantitative estimate of drug-likeness (QED) is 0.120. The number of unbranched alkanes of at least 4 members (excludes halogenated alkanes) is 1. The Balaban J connectivity index is 1.59. The summed E-state index contributed by atoms with van der Waals surface area (Å²) < 4.78 is 5.97. The first-order valence-electron chi connectivity index (χ1n) is 16.3. The molecule has 0 aliphatic rings. The van der Waals surface area contributed by atoms with Gasteiger partial charge in [0.15, 0.2) is 17.5 Å². The highest BCUT2D eigenvalue weighted by Crippen LogP contribution is 2.34. The van der Waals surface area contributed by atoms with Gasteiger partial charge in [0.25, 0.3) is 0 Å². The van der Waals surface area contributed by atoms with E-state index in [1.54, 1.807) is 66.7 Å². The molecule has 0 saturated heterocycles. The summed E-state index contributed by atoms with van der Waals surface area (Å²) in [6, 6.07) is 20.6. The maximum absolute atomic E-state index is 13.4. The molecule has 244 valence electrons. The summed E-state index contributed by atoms with van der Waals surface area (Å²) in [7, 11) is 0. The molecule has 2 N–H and O–H groups in total. The van der Waals surface area contributed by atoms with E-state index < -0.39 is 0 Å². The summed E-state index contributed by atoms with van der Waals surface area (Å²) >= 11 is 0. The fourth-order valence-electron chi connectivity index (χ4n) is 5.85. The summed E-state index contributed by atoms with van der Waals surface area (Å²) in [5.41, 5.74) is 2.35. The van der Waals surface area contributed by atoms with Crippen molar-refractivity contribution >= 4 is 5.97 Å². The lowest BCUT2D eigenvalue weighted by Gasteiger charge is -2.30. The lowest BCUT2D eigenvalue weighted by molar-refractivity contribution is 0.0361. The van der Waals surface area contributed by atoms with Crippen LogP contribution >= 0.6 is 0 Å². The number of aromatic nitrogens is 3. The predicted molar refractivity (Wildman–Crippen MR) is 184 cm³/mol. The van der Waals surface area contributed by atoms with Gasteiger partial charge in [0.05, 0.1) is 23.3 Å². The lowest BCUT2D eigenvalue weighted by Crippen LogP contribution is -2.24. The van der Waals surface area contributed by atoms with Crippen molar-refractivity contribution in [3.05, 3.63) is 78.4 Å². The Kier molecular flexibility index (Phi) is 11.2. The van der Waals surface area contributed by atoms with E-state index >= 15 is 0 Å². The summed E-state index contributed by atoms with van der Waals surface area (Å²) in [5, 5.41) is 21.1. The Hall–Kier alpha value is -4.26. The monoisotopic (exact) mass is 623 g/mol. The van der Waals surface area contributed by atoms with E-state index in [0.717, 1.165) is 25.7 Å². The van der Waals surface area contributed by atoms with Crippen LogP contribution in [-0.2, 0) is 4.74 Å². The van der Waals surface area contributed by atoms with Crippen molar-refractivity contribution < 1.29 is 19.7 Å². The van der Waals surface area contributed by atoms with Gasteiger partial charge < -0.3 is 14.9 Å². The van der Waals surface area contributed by atoms with E-state index in [1.165, 1.54) is 6.42 Å². The van der Waals surface area contributed by atoms with Crippen molar-refractivity contribution in [1.82, 2.24) is 15.0 Å². The Morgan fingerprint density at radius 2 is 1.30 bits per heavy atom. The molecule has 1 aromatic heterocycles. The number of benzene rings is 3. The molecule has 2 unspecified atom stereocenters. The molecule has 0 spiro atoms. The van der Waals surface area contributed by atoms with Gasteiger partial charge in [-0.1, -0.05) is 97.7 Å². The highest BCUT2D eigenvalue weighted by atomic mass is 16.5. The second-order valence-electron chi connectivity index (χ2n) is 14.8. The molecule has 4 rings (SSSR count). The zero-order valence-electron chi connectivity index (χ0n) is 28.4. The first-order chi connectivity index (χ1) is 21.7. The van der Waals surface area contributed by atoms with Crippen LogP contribution in [0.25, 0.3) is 34.2 Å². The number of aromatic hydroxyl groups is 2. The van der Waals surface area contributed by atoms with Gasteiger partial charge in [-0.3, -0.25) is 0 Å². The van der Waals surface area contributed by atoms with Crippen molar-refractivity contribution in [2.75, 3.05) is 6.61 Å². The van der Waals surface area contributed by atoms with Crippen molar-refractivity contribution in [3.8, 4) is 45.7 Å². The number of para-hydroxylation sites is 2. The molecule has 7 heteroatoms. The molecule has 0 saturated carbocycles. The van der Waals surface area contributed by atoms with Gasteiger partial charge >= 0.3 is 5.97 Å². The van der Waals surface area contributed by atoms with Crippen LogP contribution in [0.4, 0.5) is 0 Å². The van der Waals surface area contributed by atoms with Crippen LogP contribution in [0.5, 0.6) is 11.5 Å². The second-order valence-corrected chi connectivity index (χ2v) is 14.8. The summed E-state index contributed by atoms with van der Waals surface area (Å²) in [6.45, 7) is 16.3. The molecular formula is C39H49N3O4. The minimum absolute atomic E-state index is 0.0221. The van der Waals surface area contributed by atoms with Gasteiger partial charge in [0.2, 0.25) is 0 Å². The van der Waals surface area contributed by atoms with Crippen LogP contribution in [0.1, 0.15) is 90.9 Å². The fourth-order valence-corrected chi connectivity index (χ4v) is 5.85. The Labute approximate surface area is 274 Å². The number of carbonyl (C=O) groups excluding carboxylic acids is 1. The molecule has 3 aromatic carbocycles. The van der Waals surface area contributed by atoms with Gasteiger partial charge in [-0.05, 0) is 78.3 Å². The molecule has 46 heavy (non-hydrogen) atoms. The molecule has 0 bridgehead atoms. The first-order valence-corrected chi connectivity index (χ1v) is 16.3. The zero-order valence-corrected chi connectivity index (χ0v) is 28.4. The number of phenolic OH excluding ortho intramolecular Hbond substituents is 2. The standard InChI is InChI=1S/C39H49N3O4/c1-26(24-39(5,6)7)29(15-12-13-22-38(2,3)4)25-46-37(45)28-17-14-16-27(23-28)34-40-35(30-18-8-10-20-32(30)43)42-36(41-34)31-19-9-11-21-33(31)44/h8-11,14,16-21,23,26,29,43-44H,12-13,15,22,24-25H2,1-7H3. The third-order valence-corrected chi connectivity index (χ3v) is 8.20. The van der Waals surface area contributed by atoms with Gasteiger partial charge in [-0.25, -0.2) is 19.7 Å². The molecule has 7 nitrogen and oxygen atoms in total. The number of esters is 1. The van der Waals surface area contributed by atoms with E-state index in [9.17, 15) is 15.0 Å². The minimum Gasteiger partial charge on any atom is -0.507 e. The molecule has 4 aromatic rings. The normalized spacial score (nSPS) is 13.3. The smallest absolute Gasteiger partial charge is 0.338 e. The number of nitrogens with zero attached hydrogens (tertiary/aromatic N) is 3. The van der Waals surface area contributed by atoms with E-state index in [0.29, 0.717) is 46.0 Å². The van der Waals surface area contributed by atoms with Crippen LogP contribution in [0.3, 0.4) is 0 Å². The minimum atomic E-state index is -0.389. The van der Waals surface area contributed by atoms with Crippen LogP contribution in [0.15, 0.2) is 72.8 Å². The summed E-state index contributed by atoms with van der Waals surface area (Å²) in [5.74, 6) is 1.14. The summed E-state index contributed by atoms with van der Waals surface area (Å²) in [6.07, 6.45) is 5.53. The predicted octanol–water partition coefficient (Wildman–Crippen LogP) is 9.74. The molecule has 0 aliphatic heterocycles. The SMILES string of the molecule is CC(CC(C)(C)C)C(CCCCC(C)(C)C)COC(=O)c1cccc(-c2nc(-c3ccccc3O)nc(-c3ccccc3O)n2)c1. The van der Waals surface area contributed by atoms with Crippen molar-refractivity contribution in [2.24, 2.45) is 22.7 Å². The molecule has 0 aliphatic carbocycles. The van der Waals surface area contributed by atoms with Gasteiger partial charge in [0.1, 0.15) is 11.5 Å². The number of hydrogen-bond acceptors (Lipinski definition) is 7. The molecule has 0 amide bonds.